The van der Waals surface area contributed by atoms with Gasteiger partial charge in [-0.3, -0.25) is 9.59 Å². The van der Waals surface area contributed by atoms with Crippen LogP contribution >= 0.6 is 0 Å². The standard InChI is InChI=1S/C27H28N4O2/c1-18(2)25(26-28-21-15-9-10-16-22(21)29-26)31-24(32)17-23(19-11-5-3-6-12-19)30-27(33)20-13-7-4-8-14-20/h3-16,18,23,25H,17H2,1-2H3,(H,28,29)(H,30,33)(H,31,32). The van der Waals surface area contributed by atoms with Gasteiger partial charge in [0.2, 0.25) is 5.91 Å². The van der Waals surface area contributed by atoms with Crippen molar-refractivity contribution in [1.82, 2.24) is 20.6 Å². The van der Waals surface area contributed by atoms with E-state index < -0.39 is 6.04 Å². The maximum atomic E-state index is 13.1. The van der Waals surface area contributed by atoms with E-state index in [1.54, 1.807) is 12.1 Å². The van der Waals surface area contributed by atoms with Crippen molar-refractivity contribution in [3.8, 4) is 0 Å². The van der Waals surface area contributed by atoms with E-state index in [9.17, 15) is 9.59 Å². The molecule has 2 amide bonds. The Morgan fingerprint density at radius 3 is 2.15 bits per heavy atom. The van der Waals surface area contributed by atoms with Crippen molar-refractivity contribution in [3.05, 3.63) is 102 Å². The van der Waals surface area contributed by atoms with Gasteiger partial charge in [0.1, 0.15) is 5.82 Å². The summed E-state index contributed by atoms with van der Waals surface area (Å²) in [5.74, 6) is 0.485. The summed E-state index contributed by atoms with van der Waals surface area (Å²) in [6, 6.07) is 25.6. The monoisotopic (exact) mass is 440 g/mol. The first-order valence-electron chi connectivity index (χ1n) is 11.2. The van der Waals surface area contributed by atoms with Crippen LogP contribution in [0.5, 0.6) is 0 Å². The molecule has 3 aromatic carbocycles. The third-order valence-corrected chi connectivity index (χ3v) is 5.62. The first-order valence-corrected chi connectivity index (χ1v) is 11.2. The van der Waals surface area contributed by atoms with Crippen molar-refractivity contribution in [1.29, 1.82) is 0 Å². The first-order chi connectivity index (χ1) is 16.0. The van der Waals surface area contributed by atoms with Gasteiger partial charge in [0.05, 0.1) is 29.5 Å². The highest BCUT2D eigenvalue weighted by atomic mass is 16.2. The fourth-order valence-electron chi connectivity index (χ4n) is 3.86. The maximum Gasteiger partial charge on any atom is 0.251 e. The lowest BCUT2D eigenvalue weighted by atomic mass is 10.0. The number of benzene rings is 3. The van der Waals surface area contributed by atoms with Gasteiger partial charge in [0.15, 0.2) is 0 Å². The van der Waals surface area contributed by atoms with Gasteiger partial charge >= 0.3 is 0 Å². The minimum Gasteiger partial charge on any atom is -0.346 e. The number of carbonyl (C=O) groups excluding carboxylic acids is 2. The second-order valence-corrected chi connectivity index (χ2v) is 8.44. The molecule has 33 heavy (non-hydrogen) atoms. The number of para-hydroxylation sites is 2. The van der Waals surface area contributed by atoms with Gasteiger partial charge < -0.3 is 15.6 Å². The minimum absolute atomic E-state index is 0.117. The number of rotatable bonds is 8. The second-order valence-electron chi connectivity index (χ2n) is 8.44. The van der Waals surface area contributed by atoms with Crippen molar-refractivity contribution in [2.75, 3.05) is 0 Å². The smallest absolute Gasteiger partial charge is 0.251 e. The molecule has 0 radical (unpaired) electrons. The fraction of sp³-hybridized carbons (Fsp3) is 0.222. The van der Waals surface area contributed by atoms with Crippen molar-refractivity contribution in [2.24, 2.45) is 5.92 Å². The Labute approximate surface area is 193 Å². The summed E-state index contributed by atoms with van der Waals surface area (Å²) in [5.41, 5.74) is 3.23. The van der Waals surface area contributed by atoms with Gasteiger partial charge in [0, 0.05) is 5.56 Å². The molecule has 1 heterocycles. The summed E-state index contributed by atoms with van der Waals surface area (Å²) in [6.45, 7) is 4.09. The normalized spacial score (nSPS) is 12.9. The highest BCUT2D eigenvalue weighted by Gasteiger charge is 2.25. The molecule has 6 nitrogen and oxygen atoms in total. The number of nitrogens with zero attached hydrogens (tertiary/aromatic N) is 1. The molecule has 0 bridgehead atoms. The number of amides is 2. The summed E-state index contributed by atoms with van der Waals surface area (Å²) in [4.78, 5) is 33.9. The second kappa shape index (κ2) is 10.1. The van der Waals surface area contributed by atoms with Crippen LogP contribution in [0.15, 0.2) is 84.9 Å². The number of nitrogens with one attached hydrogen (secondary N) is 3. The van der Waals surface area contributed by atoms with Crippen molar-refractivity contribution in [3.63, 3.8) is 0 Å². The molecule has 2 unspecified atom stereocenters. The van der Waals surface area contributed by atoms with Gasteiger partial charge in [0.25, 0.3) is 5.91 Å². The molecular weight excluding hydrogens is 412 g/mol. The number of hydrogen-bond donors (Lipinski definition) is 3. The fourth-order valence-corrected chi connectivity index (χ4v) is 3.86. The molecule has 0 aliphatic carbocycles. The summed E-state index contributed by atoms with van der Waals surface area (Å²) in [5, 5.41) is 6.14. The first kappa shape index (κ1) is 22.3. The number of H-pyrrole nitrogens is 1. The van der Waals surface area contributed by atoms with Crippen LogP contribution in [-0.4, -0.2) is 21.8 Å². The number of fused-ring (bicyclic) bond motifs is 1. The Hall–Kier alpha value is -3.93. The molecule has 1 aromatic heterocycles. The van der Waals surface area contributed by atoms with E-state index in [0.717, 1.165) is 22.4 Å². The molecule has 6 heteroatoms. The molecule has 0 spiro atoms. The zero-order chi connectivity index (χ0) is 23.2. The van der Waals surface area contributed by atoms with Crippen molar-refractivity contribution in [2.45, 2.75) is 32.4 Å². The van der Waals surface area contributed by atoms with E-state index in [4.69, 9.17) is 0 Å². The maximum absolute atomic E-state index is 13.1. The molecular formula is C27H28N4O2. The molecule has 4 rings (SSSR count). The number of imidazole rings is 1. The van der Waals surface area contributed by atoms with Crippen LogP contribution in [0.4, 0.5) is 0 Å². The van der Waals surface area contributed by atoms with E-state index in [2.05, 4.69) is 20.6 Å². The average Bonchev–Trinajstić information content (AvgIpc) is 3.27. The Kier molecular flexibility index (Phi) is 6.83. The minimum atomic E-state index is -0.456. The van der Waals surface area contributed by atoms with Crippen LogP contribution in [0.1, 0.15) is 54.1 Å². The summed E-state index contributed by atoms with van der Waals surface area (Å²) in [6.07, 6.45) is 0.117. The average molecular weight is 441 g/mol. The van der Waals surface area contributed by atoms with Crippen molar-refractivity contribution >= 4 is 22.8 Å². The van der Waals surface area contributed by atoms with Crippen LogP contribution in [0.3, 0.4) is 0 Å². The lowest BCUT2D eigenvalue weighted by Crippen LogP contribution is -2.37. The molecule has 0 saturated carbocycles. The van der Waals surface area contributed by atoms with Crippen LogP contribution < -0.4 is 10.6 Å². The Bertz CT molecular complexity index is 1190. The molecule has 0 aliphatic heterocycles. The Morgan fingerprint density at radius 2 is 1.48 bits per heavy atom. The van der Waals surface area contributed by atoms with E-state index in [0.29, 0.717) is 5.56 Å². The lowest BCUT2D eigenvalue weighted by Gasteiger charge is -2.23. The SMILES string of the molecule is CC(C)C(NC(=O)CC(NC(=O)c1ccccc1)c1ccccc1)c1nc2ccccc2[nH]1. The van der Waals surface area contributed by atoms with Crippen LogP contribution in [0.25, 0.3) is 11.0 Å². The number of hydrogen-bond acceptors (Lipinski definition) is 3. The number of aromatic amines is 1. The number of carbonyl (C=O) groups is 2. The van der Waals surface area contributed by atoms with Crippen LogP contribution in [0, 0.1) is 5.92 Å². The molecule has 2 atom stereocenters. The topological polar surface area (TPSA) is 86.9 Å². The zero-order valence-corrected chi connectivity index (χ0v) is 18.8. The predicted octanol–water partition coefficient (Wildman–Crippen LogP) is 4.94. The molecule has 0 fully saturated rings. The highest BCUT2D eigenvalue weighted by molar-refractivity contribution is 5.94. The molecule has 0 saturated heterocycles. The molecule has 0 aliphatic rings. The molecule has 3 N–H and O–H groups in total. The third-order valence-electron chi connectivity index (χ3n) is 5.62. The van der Waals surface area contributed by atoms with E-state index in [1.165, 1.54) is 0 Å². The van der Waals surface area contributed by atoms with Crippen LogP contribution in [0.2, 0.25) is 0 Å². The number of aromatic nitrogens is 2. The van der Waals surface area contributed by atoms with Gasteiger partial charge in [-0.05, 0) is 35.7 Å². The summed E-state index contributed by atoms with van der Waals surface area (Å²) in [7, 11) is 0. The van der Waals surface area contributed by atoms with Gasteiger partial charge in [-0.2, -0.15) is 0 Å². The zero-order valence-electron chi connectivity index (χ0n) is 18.8. The third kappa shape index (κ3) is 5.47. The van der Waals surface area contributed by atoms with Gasteiger partial charge in [-0.25, -0.2) is 4.98 Å². The van der Waals surface area contributed by atoms with Gasteiger partial charge in [-0.15, -0.1) is 0 Å². The molecule has 4 aromatic rings. The quantitative estimate of drug-likeness (QED) is 0.363. The van der Waals surface area contributed by atoms with E-state index in [-0.39, 0.29) is 30.2 Å². The Balaban J connectivity index is 1.52. The summed E-state index contributed by atoms with van der Waals surface area (Å²) < 4.78 is 0. The van der Waals surface area contributed by atoms with E-state index in [1.807, 2.05) is 86.6 Å². The lowest BCUT2D eigenvalue weighted by molar-refractivity contribution is -0.122. The molecule has 168 valence electrons. The van der Waals surface area contributed by atoms with Crippen molar-refractivity contribution < 1.29 is 9.59 Å². The van der Waals surface area contributed by atoms with Crippen LogP contribution in [-0.2, 0) is 4.79 Å². The highest BCUT2D eigenvalue weighted by Crippen LogP contribution is 2.24. The Morgan fingerprint density at radius 1 is 0.848 bits per heavy atom. The largest absolute Gasteiger partial charge is 0.346 e. The van der Waals surface area contributed by atoms with E-state index >= 15 is 0 Å². The van der Waals surface area contributed by atoms with Gasteiger partial charge in [-0.1, -0.05) is 74.5 Å². The predicted molar refractivity (Wildman–Crippen MR) is 130 cm³/mol. The summed E-state index contributed by atoms with van der Waals surface area (Å²) >= 11 is 0.